The van der Waals surface area contributed by atoms with Crippen molar-refractivity contribution < 1.29 is 19.2 Å². The molecule has 2 aromatic carbocycles. The number of benzene rings is 2. The number of nitrogens with one attached hydrogen (secondary N) is 1. The standard InChI is InChI=1S/C23H29N3O3S/c1-15-12-16(2)21-20(13-15)30-23(24-21)26(11-7-10-25(3)4)22(27)17-8-9-18(28-5)19(14-17)29-6/h8-9,12-14H,7,10-11H2,1-6H3/p+1. The first-order valence-electron chi connectivity index (χ1n) is 10.0. The first-order valence-corrected chi connectivity index (χ1v) is 10.9. The van der Waals surface area contributed by atoms with Crippen molar-refractivity contribution in [3.05, 3.63) is 47.0 Å². The van der Waals surface area contributed by atoms with Crippen LogP contribution in [0.5, 0.6) is 11.5 Å². The highest BCUT2D eigenvalue weighted by Crippen LogP contribution is 2.33. The summed E-state index contributed by atoms with van der Waals surface area (Å²) in [5, 5.41) is 0.729. The van der Waals surface area contributed by atoms with Crippen LogP contribution >= 0.6 is 11.3 Å². The van der Waals surface area contributed by atoms with Crippen LogP contribution in [0.1, 0.15) is 27.9 Å². The molecule has 0 radical (unpaired) electrons. The smallest absolute Gasteiger partial charge is 0.260 e. The summed E-state index contributed by atoms with van der Waals surface area (Å²) < 4.78 is 11.8. The monoisotopic (exact) mass is 428 g/mol. The molecule has 6 nitrogen and oxygen atoms in total. The van der Waals surface area contributed by atoms with Gasteiger partial charge < -0.3 is 14.4 Å². The van der Waals surface area contributed by atoms with Gasteiger partial charge >= 0.3 is 0 Å². The van der Waals surface area contributed by atoms with Crippen LogP contribution in [0.3, 0.4) is 0 Å². The van der Waals surface area contributed by atoms with Gasteiger partial charge in [-0.1, -0.05) is 17.4 Å². The Bertz CT molecular complexity index is 1050. The van der Waals surface area contributed by atoms with Crippen LogP contribution in [0.4, 0.5) is 5.13 Å². The fourth-order valence-corrected chi connectivity index (χ4v) is 4.64. The van der Waals surface area contributed by atoms with Gasteiger partial charge in [-0.2, -0.15) is 0 Å². The van der Waals surface area contributed by atoms with Crippen LogP contribution in [0.25, 0.3) is 10.2 Å². The normalized spacial score (nSPS) is 11.2. The molecule has 30 heavy (non-hydrogen) atoms. The zero-order valence-electron chi connectivity index (χ0n) is 18.5. The van der Waals surface area contributed by atoms with Crippen LogP contribution in [-0.2, 0) is 0 Å². The average Bonchev–Trinajstić information content (AvgIpc) is 3.14. The molecule has 1 heterocycles. The summed E-state index contributed by atoms with van der Waals surface area (Å²) in [5.41, 5.74) is 3.84. The summed E-state index contributed by atoms with van der Waals surface area (Å²) in [5.74, 6) is 1.05. The number of aryl methyl sites for hydroxylation is 2. The first kappa shape index (κ1) is 22.1. The molecule has 1 aromatic heterocycles. The fourth-order valence-electron chi connectivity index (χ4n) is 3.47. The number of aromatic nitrogens is 1. The predicted molar refractivity (Wildman–Crippen MR) is 123 cm³/mol. The number of nitrogens with zero attached hydrogens (tertiary/aromatic N) is 2. The van der Waals surface area contributed by atoms with E-state index in [9.17, 15) is 4.79 Å². The highest BCUT2D eigenvalue weighted by atomic mass is 32.1. The summed E-state index contributed by atoms with van der Waals surface area (Å²) in [7, 11) is 7.39. The zero-order chi connectivity index (χ0) is 21.8. The van der Waals surface area contributed by atoms with E-state index in [4.69, 9.17) is 14.5 Å². The number of anilines is 1. The number of carbonyl (C=O) groups excluding carboxylic acids is 1. The molecular weight excluding hydrogens is 398 g/mol. The number of fused-ring (bicyclic) bond motifs is 1. The summed E-state index contributed by atoms with van der Waals surface area (Å²) in [6, 6.07) is 9.53. The molecule has 7 heteroatoms. The van der Waals surface area contributed by atoms with Crippen LogP contribution in [0.15, 0.2) is 30.3 Å². The van der Waals surface area contributed by atoms with Crippen LogP contribution in [0, 0.1) is 13.8 Å². The molecule has 160 valence electrons. The third kappa shape index (κ3) is 4.74. The second kappa shape index (κ2) is 9.45. The molecule has 0 saturated heterocycles. The van der Waals surface area contributed by atoms with E-state index >= 15 is 0 Å². The van der Waals surface area contributed by atoms with Crippen molar-refractivity contribution >= 4 is 32.6 Å². The minimum Gasteiger partial charge on any atom is -0.493 e. The fraction of sp³-hybridized carbons (Fsp3) is 0.391. The first-order chi connectivity index (χ1) is 14.3. The number of quaternary nitrogens is 1. The second-order valence-electron chi connectivity index (χ2n) is 7.76. The largest absolute Gasteiger partial charge is 0.493 e. The molecule has 0 aliphatic rings. The molecule has 0 aliphatic heterocycles. The van der Waals surface area contributed by atoms with E-state index in [-0.39, 0.29) is 5.91 Å². The number of methoxy groups -OCH3 is 2. The van der Waals surface area contributed by atoms with E-state index in [1.54, 1.807) is 48.7 Å². The number of carbonyl (C=O) groups is 1. The maximum absolute atomic E-state index is 13.5. The molecule has 0 saturated carbocycles. The Kier molecular flexibility index (Phi) is 6.95. The Hall–Kier alpha value is -2.64. The SMILES string of the molecule is COc1ccc(C(=O)N(CCC[NH+](C)C)c2nc3c(C)cc(C)cc3s2)cc1OC. The quantitative estimate of drug-likeness (QED) is 0.599. The molecule has 0 aliphatic carbocycles. The van der Waals surface area contributed by atoms with E-state index < -0.39 is 0 Å². The summed E-state index contributed by atoms with van der Waals surface area (Å²) in [6.45, 7) is 5.72. The molecule has 0 spiro atoms. The van der Waals surface area contributed by atoms with E-state index in [0.717, 1.165) is 33.9 Å². The van der Waals surface area contributed by atoms with E-state index in [1.165, 1.54) is 10.5 Å². The third-order valence-electron chi connectivity index (χ3n) is 4.98. The Morgan fingerprint density at radius 3 is 2.50 bits per heavy atom. The minimum absolute atomic E-state index is 0.0851. The topological polar surface area (TPSA) is 56.1 Å². The highest BCUT2D eigenvalue weighted by Gasteiger charge is 2.23. The highest BCUT2D eigenvalue weighted by molar-refractivity contribution is 7.22. The van der Waals surface area contributed by atoms with Gasteiger partial charge in [0, 0.05) is 18.5 Å². The predicted octanol–water partition coefficient (Wildman–Crippen LogP) is 3.11. The summed E-state index contributed by atoms with van der Waals surface area (Å²) >= 11 is 1.56. The zero-order valence-corrected chi connectivity index (χ0v) is 19.4. The van der Waals surface area contributed by atoms with Gasteiger partial charge in [-0.05, 0) is 49.2 Å². The van der Waals surface area contributed by atoms with Crippen molar-refractivity contribution in [1.29, 1.82) is 0 Å². The van der Waals surface area contributed by atoms with Gasteiger partial charge in [0.05, 0.1) is 45.1 Å². The van der Waals surface area contributed by atoms with Gasteiger partial charge in [0.1, 0.15) is 0 Å². The second-order valence-corrected chi connectivity index (χ2v) is 8.77. The molecule has 0 bridgehead atoms. The van der Waals surface area contributed by atoms with E-state index in [2.05, 4.69) is 40.1 Å². The van der Waals surface area contributed by atoms with Crippen LogP contribution in [-0.4, -0.2) is 52.3 Å². The van der Waals surface area contributed by atoms with Gasteiger partial charge in [-0.15, -0.1) is 0 Å². The number of hydrogen-bond donors (Lipinski definition) is 1. The van der Waals surface area contributed by atoms with Crippen molar-refractivity contribution in [1.82, 2.24) is 4.98 Å². The lowest BCUT2D eigenvalue weighted by Gasteiger charge is -2.21. The minimum atomic E-state index is -0.0851. The van der Waals surface area contributed by atoms with E-state index in [1.807, 2.05) is 0 Å². The molecule has 3 rings (SSSR count). The Morgan fingerprint density at radius 1 is 1.10 bits per heavy atom. The van der Waals surface area contributed by atoms with Crippen molar-refractivity contribution in [2.24, 2.45) is 0 Å². The average molecular weight is 429 g/mol. The molecule has 0 fully saturated rings. The van der Waals surface area contributed by atoms with Crippen molar-refractivity contribution in [2.75, 3.05) is 46.3 Å². The third-order valence-corrected chi connectivity index (χ3v) is 6.01. The van der Waals surface area contributed by atoms with E-state index in [0.29, 0.717) is 23.6 Å². The van der Waals surface area contributed by atoms with Crippen LogP contribution in [0.2, 0.25) is 0 Å². The molecule has 3 aromatic rings. The number of amides is 1. The van der Waals surface area contributed by atoms with Gasteiger partial charge in [-0.3, -0.25) is 9.69 Å². The number of rotatable bonds is 8. The number of ether oxygens (including phenoxy) is 2. The summed E-state index contributed by atoms with van der Waals surface area (Å²) in [6.07, 6.45) is 0.884. The van der Waals surface area contributed by atoms with Gasteiger partial charge in [0.25, 0.3) is 5.91 Å². The maximum atomic E-state index is 13.5. The lowest BCUT2D eigenvalue weighted by Crippen LogP contribution is -3.05. The van der Waals surface area contributed by atoms with Crippen molar-refractivity contribution in [3.8, 4) is 11.5 Å². The number of hydrogen-bond acceptors (Lipinski definition) is 5. The van der Waals surface area contributed by atoms with Gasteiger partial charge in [-0.25, -0.2) is 4.98 Å². The molecule has 1 N–H and O–H groups in total. The molecule has 1 amide bonds. The molecule has 0 unspecified atom stereocenters. The summed E-state index contributed by atoms with van der Waals surface area (Å²) in [4.78, 5) is 21.5. The number of thiazole rings is 1. The van der Waals surface area contributed by atoms with Gasteiger partial charge in [0.15, 0.2) is 16.6 Å². The van der Waals surface area contributed by atoms with Crippen LogP contribution < -0.4 is 19.3 Å². The Labute approximate surface area is 182 Å². The molecular formula is C23H30N3O3S+. The molecule has 0 atom stereocenters. The van der Waals surface area contributed by atoms with Gasteiger partial charge in [0.2, 0.25) is 0 Å². The maximum Gasteiger partial charge on any atom is 0.260 e. The Balaban J connectivity index is 2.00. The lowest BCUT2D eigenvalue weighted by molar-refractivity contribution is -0.858. The van der Waals surface area contributed by atoms with Crippen molar-refractivity contribution in [2.45, 2.75) is 20.3 Å². The lowest BCUT2D eigenvalue weighted by atomic mass is 10.1. The Morgan fingerprint density at radius 2 is 1.83 bits per heavy atom. The van der Waals surface area contributed by atoms with Crippen molar-refractivity contribution in [3.63, 3.8) is 0 Å².